The molecule has 1 aliphatic heterocycles. The summed E-state index contributed by atoms with van der Waals surface area (Å²) in [7, 11) is 0. The van der Waals surface area contributed by atoms with Gasteiger partial charge in [-0.15, -0.1) is 0 Å². The van der Waals surface area contributed by atoms with E-state index in [1.54, 1.807) is 18.3 Å². The summed E-state index contributed by atoms with van der Waals surface area (Å²) in [6, 6.07) is 13.1. The van der Waals surface area contributed by atoms with E-state index in [2.05, 4.69) is 27.8 Å². The molecule has 1 saturated heterocycles. The van der Waals surface area contributed by atoms with Gasteiger partial charge >= 0.3 is 0 Å². The van der Waals surface area contributed by atoms with Crippen LogP contribution < -0.4 is 9.62 Å². The van der Waals surface area contributed by atoms with Gasteiger partial charge in [0.25, 0.3) is 5.91 Å². The van der Waals surface area contributed by atoms with Crippen LogP contribution in [0.3, 0.4) is 0 Å². The maximum absolute atomic E-state index is 13.4. The third-order valence-corrected chi connectivity index (χ3v) is 5.29. The van der Waals surface area contributed by atoms with Crippen LogP contribution in [0.4, 0.5) is 10.2 Å². The molecule has 0 radical (unpaired) electrons. The Hall–Kier alpha value is -3.06. The maximum atomic E-state index is 13.4. The first-order valence-electron chi connectivity index (χ1n) is 9.24. The van der Waals surface area contributed by atoms with Gasteiger partial charge in [-0.25, -0.2) is 9.37 Å². The van der Waals surface area contributed by atoms with Crippen molar-refractivity contribution in [1.29, 1.82) is 0 Å². The van der Waals surface area contributed by atoms with Crippen LogP contribution in [0.25, 0.3) is 0 Å². The Labute approximate surface area is 174 Å². The van der Waals surface area contributed by atoms with Gasteiger partial charge in [-0.2, -0.15) is 0 Å². The summed E-state index contributed by atoms with van der Waals surface area (Å²) in [5.74, 6) is 0.349. The van der Waals surface area contributed by atoms with Crippen molar-refractivity contribution in [2.45, 2.75) is 4.90 Å². The molecule has 5 nitrogen and oxygen atoms in total. The van der Waals surface area contributed by atoms with Crippen molar-refractivity contribution >= 4 is 23.7 Å². The minimum atomic E-state index is -0.574. The Morgan fingerprint density at radius 3 is 2.62 bits per heavy atom. The molecule has 3 rings (SSSR count). The van der Waals surface area contributed by atoms with Crippen LogP contribution >= 0.6 is 11.9 Å². The van der Waals surface area contributed by atoms with E-state index < -0.39 is 5.83 Å². The zero-order chi connectivity index (χ0) is 20.6. The van der Waals surface area contributed by atoms with Crippen LogP contribution in [0.15, 0.2) is 90.4 Å². The molecule has 1 aromatic heterocycles. The molecule has 7 heteroatoms. The first-order valence-corrected chi connectivity index (χ1v) is 10.1. The Morgan fingerprint density at radius 1 is 1.17 bits per heavy atom. The molecule has 0 spiro atoms. The number of carbonyl (C=O) groups excluding carboxylic acids is 1. The fourth-order valence-electron chi connectivity index (χ4n) is 2.97. The van der Waals surface area contributed by atoms with Crippen molar-refractivity contribution in [3.8, 4) is 0 Å². The molecule has 1 aliphatic rings. The number of allylic oxidation sites excluding steroid dienone is 3. The molecule has 29 heavy (non-hydrogen) atoms. The average Bonchev–Trinajstić information content (AvgIpc) is 2.77. The Morgan fingerprint density at radius 2 is 1.97 bits per heavy atom. The molecule has 0 bridgehead atoms. The molecular weight excluding hydrogens is 387 g/mol. The molecule has 0 atom stereocenters. The van der Waals surface area contributed by atoms with Gasteiger partial charge in [0.1, 0.15) is 11.6 Å². The summed E-state index contributed by atoms with van der Waals surface area (Å²) < 4.78 is 16.3. The third kappa shape index (κ3) is 5.48. The van der Waals surface area contributed by atoms with Gasteiger partial charge in [0.2, 0.25) is 0 Å². The van der Waals surface area contributed by atoms with Gasteiger partial charge in [-0.3, -0.25) is 4.79 Å². The van der Waals surface area contributed by atoms with E-state index in [0.29, 0.717) is 18.7 Å². The normalized spacial score (nSPS) is 14.4. The molecule has 0 unspecified atom stereocenters. The lowest BCUT2D eigenvalue weighted by Crippen LogP contribution is -2.49. The van der Waals surface area contributed by atoms with E-state index in [-0.39, 0.29) is 11.6 Å². The molecule has 1 fully saturated rings. The second kappa shape index (κ2) is 9.93. The van der Waals surface area contributed by atoms with Crippen LogP contribution in [0.5, 0.6) is 0 Å². The third-order valence-electron chi connectivity index (χ3n) is 4.48. The molecule has 2 aromatic rings. The van der Waals surface area contributed by atoms with Gasteiger partial charge in [0, 0.05) is 42.8 Å². The zero-order valence-corrected chi connectivity index (χ0v) is 16.9. The smallest absolute Gasteiger partial charge is 0.254 e. The second-order valence-corrected chi connectivity index (χ2v) is 7.30. The summed E-state index contributed by atoms with van der Waals surface area (Å²) in [6.45, 7) is 9.62. The fraction of sp³-hybridized carbons (Fsp3) is 0.182. The number of carbonyl (C=O) groups is 1. The van der Waals surface area contributed by atoms with Gasteiger partial charge in [-0.1, -0.05) is 31.4 Å². The number of pyridine rings is 1. The molecule has 1 amide bonds. The van der Waals surface area contributed by atoms with E-state index in [0.717, 1.165) is 23.8 Å². The maximum Gasteiger partial charge on any atom is 0.254 e. The zero-order valence-electron chi connectivity index (χ0n) is 16.1. The molecular formula is C22H23FN4OS. The number of nitrogens with one attached hydrogen (secondary N) is 1. The number of nitrogens with zero attached hydrogens (tertiary/aromatic N) is 3. The van der Waals surface area contributed by atoms with Gasteiger partial charge < -0.3 is 14.5 Å². The number of piperazine rings is 1. The number of hydrogen-bond acceptors (Lipinski definition) is 5. The number of hydrogen-bond donors (Lipinski definition) is 1. The number of benzene rings is 1. The van der Waals surface area contributed by atoms with Crippen molar-refractivity contribution in [2.75, 3.05) is 31.1 Å². The van der Waals surface area contributed by atoms with Crippen LogP contribution in [-0.2, 0) is 0 Å². The lowest BCUT2D eigenvalue weighted by molar-refractivity contribution is 0.0746. The van der Waals surface area contributed by atoms with Gasteiger partial charge in [0.15, 0.2) is 0 Å². The highest BCUT2D eigenvalue weighted by atomic mass is 32.2. The molecule has 2 heterocycles. The highest BCUT2D eigenvalue weighted by Gasteiger charge is 2.23. The van der Waals surface area contributed by atoms with E-state index >= 15 is 0 Å². The second-order valence-electron chi connectivity index (χ2n) is 6.42. The molecule has 150 valence electrons. The predicted molar refractivity (Wildman–Crippen MR) is 116 cm³/mol. The van der Waals surface area contributed by atoms with Crippen molar-refractivity contribution in [3.63, 3.8) is 0 Å². The number of rotatable bonds is 7. The summed E-state index contributed by atoms with van der Waals surface area (Å²) in [5, 5.41) is 0. The fourth-order valence-corrected chi connectivity index (χ4v) is 3.71. The summed E-state index contributed by atoms with van der Waals surface area (Å²) in [4.78, 5) is 22.1. The topological polar surface area (TPSA) is 48.5 Å². The number of aromatic nitrogens is 1. The summed E-state index contributed by atoms with van der Waals surface area (Å²) in [6.07, 6.45) is 4.77. The predicted octanol–water partition coefficient (Wildman–Crippen LogP) is 4.19. The average molecular weight is 411 g/mol. The quantitative estimate of drug-likeness (QED) is 0.548. The summed E-state index contributed by atoms with van der Waals surface area (Å²) in [5.41, 5.74) is 0.851. The highest BCUT2D eigenvalue weighted by molar-refractivity contribution is 7.97. The Bertz CT molecular complexity index is 908. The molecule has 1 aromatic carbocycles. The van der Waals surface area contributed by atoms with E-state index in [4.69, 9.17) is 0 Å². The Balaban J connectivity index is 1.60. The first-order chi connectivity index (χ1) is 14.1. The van der Waals surface area contributed by atoms with E-state index in [9.17, 15) is 9.18 Å². The Kier molecular flexibility index (Phi) is 7.08. The van der Waals surface area contributed by atoms with Gasteiger partial charge in [0.05, 0.1) is 5.70 Å². The number of amides is 1. The largest absolute Gasteiger partial charge is 0.353 e. The van der Waals surface area contributed by atoms with Crippen molar-refractivity contribution in [2.24, 2.45) is 0 Å². The molecule has 0 aliphatic carbocycles. The number of halogens is 1. The molecule has 1 N–H and O–H groups in total. The van der Waals surface area contributed by atoms with Gasteiger partial charge in [-0.05, 0) is 48.4 Å². The lowest BCUT2D eigenvalue weighted by atomic mass is 10.2. The molecule has 0 saturated carbocycles. The van der Waals surface area contributed by atoms with Crippen molar-refractivity contribution in [3.05, 3.63) is 91.1 Å². The lowest BCUT2D eigenvalue weighted by Gasteiger charge is -2.35. The number of anilines is 1. The van der Waals surface area contributed by atoms with Crippen LogP contribution in [-0.4, -0.2) is 42.0 Å². The minimum absolute atomic E-state index is 0.00937. The van der Waals surface area contributed by atoms with E-state index in [1.165, 1.54) is 24.1 Å². The highest BCUT2D eigenvalue weighted by Crippen LogP contribution is 2.21. The minimum Gasteiger partial charge on any atom is -0.353 e. The van der Waals surface area contributed by atoms with Crippen LogP contribution in [0.1, 0.15) is 10.4 Å². The van der Waals surface area contributed by atoms with Crippen LogP contribution in [0, 0.1) is 0 Å². The standard InChI is InChI=1S/C22H23FN4OS/c1-3-7-20(17(2)23)25-29-19-9-6-8-18(16-19)22(28)27-14-12-26(13-15-27)21-10-4-5-11-24-21/h3-11,16,25H,1-2,12-15H2/b20-7+. The first kappa shape index (κ1) is 20.7. The van der Waals surface area contributed by atoms with E-state index in [1.807, 2.05) is 35.2 Å². The van der Waals surface area contributed by atoms with Crippen molar-refractivity contribution < 1.29 is 9.18 Å². The van der Waals surface area contributed by atoms with Crippen molar-refractivity contribution in [1.82, 2.24) is 14.6 Å². The van der Waals surface area contributed by atoms with Crippen LogP contribution in [0.2, 0.25) is 0 Å². The summed E-state index contributed by atoms with van der Waals surface area (Å²) >= 11 is 1.22. The SMILES string of the molecule is C=C/C=C(/NSc1cccc(C(=O)N2CCN(c3ccccn3)CC2)c1)C(=C)F. The monoisotopic (exact) mass is 410 g/mol.